The molecule has 1 aromatic heterocycles. The third-order valence-electron chi connectivity index (χ3n) is 5.06. The van der Waals surface area contributed by atoms with Crippen molar-refractivity contribution in [1.29, 1.82) is 0 Å². The summed E-state index contributed by atoms with van der Waals surface area (Å²) in [4.78, 5) is 6.02. The Hall–Kier alpha value is -1.08. The second-order valence-electron chi connectivity index (χ2n) is 6.86. The minimum atomic E-state index is -0.785. The number of piperidine rings is 1. The van der Waals surface area contributed by atoms with E-state index in [0.717, 1.165) is 25.9 Å². The van der Waals surface area contributed by atoms with Crippen LogP contribution in [0.2, 0.25) is 0 Å². The number of aromatic nitrogens is 1. The maximum atomic E-state index is 13.7. The molecule has 2 aliphatic heterocycles. The van der Waals surface area contributed by atoms with Crippen molar-refractivity contribution in [3.05, 3.63) is 29.8 Å². The van der Waals surface area contributed by atoms with Crippen LogP contribution in [-0.4, -0.2) is 59.6 Å². The van der Waals surface area contributed by atoms with Gasteiger partial charge in [-0.05, 0) is 18.9 Å². The van der Waals surface area contributed by atoms with Gasteiger partial charge in [-0.1, -0.05) is 0 Å². The van der Waals surface area contributed by atoms with Gasteiger partial charge in [-0.15, -0.1) is 0 Å². The third kappa shape index (κ3) is 3.88. The van der Waals surface area contributed by atoms with E-state index in [4.69, 9.17) is 9.47 Å². The van der Waals surface area contributed by atoms with Crippen molar-refractivity contribution >= 4 is 0 Å². The number of hydrogen-bond donors (Lipinski definition) is 1. The van der Waals surface area contributed by atoms with Gasteiger partial charge in [0.05, 0.1) is 30.6 Å². The SMILES string of the molecule is COCC1(O)CCOC2(CCN(Cc3ccncc3F)CC2)C1. The van der Waals surface area contributed by atoms with E-state index in [-0.39, 0.29) is 11.4 Å². The molecule has 0 saturated carbocycles. The Kier molecular flexibility index (Phi) is 4.96. The Bertz CT molecular complexity index is 530. The fraction of sp³-hybridized carbons (Fsp3) is 0.706. The summed E-state index contributed by atoms with van der Waals surface area (Å²) in [5, 5.41) is 10.7. The van der Waals surface area contributed by atoms with Crippen LogP contribution in [0.15, 0.2) is 18.5 Å². The molecule has 0 amide bonds. The standard InChI is InChI=1S/C17H25FN2O3/c1-22-13-16(21)5-9-23-17(12-16)3-7-20(8-4-17)11-14-2-6-19-10-15(14)18/h2,6,10,21H,3-5,7-9,11-13H2,1H3. The van der Waals surface area contributed by atoms with Crippen LogP contribution in [0.4, 0.5) is 4.39 Å². The maximum Gasteiger partial charge on any atom is 0.145 e. The number of methoxy groups -OCH3 is 1. The highest BCUT2D eigenvalue weighted by Crippen LogP contribution is 2.40. The molecule has 2 fully saturated rings. The second kappa shape index (κ2) is 6.81. The molecule has 0 aliphatic carbocycles. The first-order valence-corrected chi connectivity index (χ1v) is 8.20. The summed E-state index contributed by atoms with van der Waals surface area (Å²) in [6.45, 7) is 3.19. The molecular weight excluding hydrogens is 299 g/mol. The number of ether oxygens (including phenoxy) is 2. The first-order chi connectivity index (χ1) is 11.0. The van der Waals surface area contributed by atoms with Crippen molar-refractivity contribution in [2.24, 2.45) is 0 Å². The van der Waals surface area contributed by atoms with E-state index < -0.39 is 5.60 Å². The first-order valence-electron chi connectivity index (χ1n) is 8.20. The molecule has 0 aromatic carbocycles. The molecule has 0 bridgehead atoms. The van der Waals surface area contributed by atoms with Crippen LogP contribution in [0.25, 0.3) is 0 Å². The van der Waals surface area contributed by atoms with E-state index in [9.17, 15) is 9.50 Å². The highest BCUT2D eigenvalue weighted by atomic mass is 19.1. The van der Waals surface area contributed by atoms with Crippen molar-refractivity contribution in [3.63, 3.8) is 0 Å². The van der Waals surface area contributed by atoms with E-state index in [2.05, 4.69) is 9.88 Å². The molecule has 128 valence electrons. The average Bonchev–Trinajstić information content (AvgIpc) is 2.52. The van der Waals surface area contributed by atoms with Crippen LogP contribution >= 0.6 is 0 Å². The van der Waals surface area contributed by atoms with Crippen LogP contribution < -0.4 is 0 Å². The molecule has 3 rings (SSSR count). The molecule has 2 saturated heterocycles. The second-order valence-corrected chi connectivity index (χ2v) is 6.86. The predicted octanol–water partition coefficient (Wildman–Crippen LogP) is 1.74. The Morgan fingerprint density at radius 2 is 2.17 bits per heavy atom. The highest BCUT2D eigenvalue weighted by molar-refractivity contribution is 5.12. The number of rotatable bonds is 4. The van der Waals surface area contributed by atoms with Crippen LogP contribution in [0.1, 0.15) is 31.2 Å². The van der Waals surface area contributed by atoms with Gasteiger partial charge in [0.1, 0.15) is 5.82 Å². The fourth-order valence-corrected chi connectivity index (χ4v) is 3.80. The number of hydrogen-bond acceptors (Lipinski definition) is 5. The summed E-state index contributed by atoms with van der Waals surface area (Å²) in [6.07, 6.45) is 5.83. The number of likely N-dealkylation sites (tertiary alicyclic amines) is 1. The van der Waals surface area contributed by atoms with E-state index in [1.807, 2.05) is 0 Å². The summed E-state index contributed by atoms with van der Waals surface area (Å²) in [7, 11) is 1.62. The maximum absolute atomic E-state index is 13.7. The van der Waals surface area contributed by atoms with Gasteiger partial charge in [0.25, 0.3) is 0 Å². The topological polar surface area (TPSA) is 54.8 Å². The van der Waals surface area contributed by atoms with Crippen molar-refractivity contribution in [2.75, 3.05) is 33.4 Å². The molecule has 1 atom stereocenters. The zero-order valence-corrected chi connectivity index (χ0v) is 13.6. The zero-order valence-electron chi connectivity index (χ0n) is 13.6. The number of nitrogens with zero attached hydrogens (tertiary/aromatic N) is 2. The Labute approximate surface area is 136 Å². The van der Waals surface area contributed by atoms with Gasteiger partial charge in [0.15, 0.2) is 0 Å². The molecule has 3 heterocycles. The quantitative estimate of drug-likeness (QED) is 0.914. The number of aliphatic hydroxyl groups is 1. The van der Waals surface area contributed by atoms with Crippen molar-refractivity contribution in [2.45, 2.75) is 43.4 Å². The molecule has 23 heavy (non-hydrogen) atoms. The summed E-state index contributed by atoms with van der Waals surface area (Å²) in [6, 6.07) is 1.73. The lowest BCUT2D eigenvalue weighted by molar-refractivity contribution is -0.191. The molecule has 1 N–H and O–H groups in total. The van der Waals surface area contributed by atoms with Crippen LogP contribution in [0, 0.1) is 5.82 Å². The van der Waals surface area contributed by atoms with Gasteiger partial charge in [-0.2, -0.15) is 0 Å². The third-order valence-corrected chi connectivity index (χ3v) is 5.06. The largest absolute Gasteiger partial charge is 0.387 e. The molecule has 5 nitrogen and oxygen atoms in total. The van der Waals surface area contributed by atoms with Gasteiger partial charge in [0.2, 0.25) is 0 Å². The van der Waals surface area contributed by atoms with Crippen molar-refractivity contribution in [1.82, 2.24) is 9.88 Å². The van der Waals surface area contributed by atoms with Gasteiger partial charge in [0, 0.05) is 51.3 Å². The normalized spacial score (nSPS) is 28.1. The lowest BCUT2D eigenvalue weighted by Crippen LogP contribution is -2.55. The molecular formula is C17H25FN2O3. The molecule has 6 heteroatoms. The number of halogens is 1. The molecule has 1 aromatic rings. The molecule has 1 unspecified atom stereocenters. The van der Waals surface area contributed by atoms with E-state index in [0.29, 0.717) is 38.2 Å². The van der Waals surface area contributed by atoms with Crippen LogP contribution in [0.5, 0.6) is 0 Å². The summed E-state index contributed by atoms with van der Waals surface area (Å²) in [5.41, 5.74) is -0.373. The molecule has 2 aliphatic rings. The smallest absolute Gasteiger partial charge is 0.145 e. The lowest BCUT2D eigenvalue weighted by Gasteiger charge is -2.49. The monoisotopic (exact) mass is 324 g/mol. The Morgan fingerprint density at radius 3 is 2.87 bits per heavy atom. The average molecular weight is 324 g/mol. The van der Waals surface area contributed by atoms with Gasteiger partial charge >= 0.3 is 0 Å². The molecule has 0 radical (unpaired) electrons. The Balaban J connectivity index is 1.58. The minimum absolute atomic E-state index is 0.254. The minimum Gasteiger partial charge on any atom is -0.387 e. The summed E-state index contributed by atoms with van der Waals surface area (Å²) >= 11 is 0. The van der Waals surface area contributed by atoms with Crippen molar-refractivity contribution < 1.29 is 19.0 Å². The highest BCUT2D eigenvalue weighted by Gasteiger charge is 2.46. The fourth-order valence-electron chi connectivity index (χ4n) is 3.80. The zero-order chi connectivity index (χ0) is 16.3. The number of pyridine rings is 1. The first kappa shape index (κ1) is 16.8. The van der Waals surface area contributed by atoms with Crippen molar-refractivity contribution in [3.8, 4) is 0 Å². The van der Waals surface area contributed by atoms with Crippen LogP contribution in [-0.2, 0) is 16.0 Å². The van der Waals surface area contributed by atoms with E-state index in [1.165, 1.54) is 6.20 Å². The van der Waals surface area contributed by atoms with E-state index in [1.54, 1.807) is 19.4 Å². The van der Waals surface area contributed by atoms with Gasteiger partial charge < -0.3 is 14.6 Å². The van der Waals surface area contributed by atoms with Crippen LogP contribution in [0.3, 0.4) is 0 Å². The van der Waals surface area contributed by atoms with E-state index >= 15 is 0 Å². The predicted molar refractivity (Wildman–Crippen MR) is 83.4 cm³/mol. The van der Waals surface area contributed by atoms with Gasteiger partial charge in [-0.3, -0.25) is 9.88 Å². The van der Waals surface area contributed by atoms with Gasteiger partial charge in [-0.25, -0.2) is 4.39 Å². The lowest BCUT2D eigenvalue weighted by atomic mass is 9.77. The summed E-state index contributed by atoms with van der Waals surface area (Å²) < 4.78 is 24.9. The molecule has 1 spiro atoms. The Morgan fingerprint density at radius 1 is 1.39 bits per heavy atom. The summed E-state index contributed by atoms with van der Waals surface area (Å²) in [5.74, 6) is -0.254.